The Hall–Kier alpha value is -0.380. The Labute approximate surface area is 103 Å². The van der Waals surface area contributed by atoms with Gasteiger partial charge < -0.3 is 10.4 Å². The molecular weight excluding hydrogens is 218 g/mol. The van der Waals surface area contributed by atoms with Gasteiger partial charge in [-0.2, -0.15) is 0 Å². The van der Waals surface area contributed by atoms with Gasteiger partial charge in [-0.05, 0) is 24.3 Å². The quantitative estimate of drug-likeness (QED) is 0.732. The van der Waals surface area contributed by atoms with Gasteiger partial charge in [-0.1, -0.05) is 32.8 Å². The van der Waals surface area contributed by atoms with Crippen molar-refractivity contribution < 1.29 is 5.11 Å². The summed E-state index contributed by atoms with van der Waals surface area (Å²) in [5.74, 6) is 0. The lowest BCUT2D eigenvalue weighted by Crippen LogP contribution is -2.40. The average molecular weight is 241 g/mol. The summed E-state index contributed by atoms with van der Waals surface area (Å²) in [6.45, 7) is 5.82. The molecule has 0 spiro atoms. The van der Waals surface area contributed by atoms with Gasteiger partial charge in [-0.15, -0.1) is 11.3 Å². The molecule has 2 N–H and O–H groups in total. The fourth-order valence-electron chi connectivity index (χ4n) is 2.06. The van der Waals surface area contributed by atoms with Crippen LogP contribution in [0, 0.1) is 0 Å². The Morgan fingerprint density at radius 2 is 2.00 bits per heavy atom. The molecule has 1 rings (SSSR count). The molecule has 0 aliphatic carbocycles. The summed E-state index contributed by atoms with van der Waals surface area (Å²) < 4.78 is 0. The van der Waals surface area contributed by atoms with Crippen LogP contribution >= 0.6 is 11.3 Å². The van der Waals surface area contributed by atoms with E-state index in [0.29, 0.717) is 6.54 Å². The fourth-order valence-corrected chi connectivity index (χ4v) is 2.74. The van der Waals surface area contributed by atoms with Crippen molar-refractivity contribution in [2.24, 2.45) is 0 Å². The molecule has 3 heteroatoms. The third kappa shape index (κ3) is 4.64. The van der Waals surface area contributed by atoms with E-state index < -0.39 is 5.60 Å². The van der Waals surface area contributed by atoms with Crippen LogP contribution in [0.25, 0.3) is 0 Å². The first-order chi connectivity index (χ1) is 7.70. The highest BCUT2D eigenvalue weighted by Crippen LogP contribution is 2.18. The van der Waals surface area contributed by atoms with E-state index in [1.807, 2.05) is 0 Å². The second kappa shape index (κ2) is 7.05. The van der Waals surface area contributed by atoms with Gasteiger partial charge in [0.05, 0.1) is 5.60 Å². The lowest BCUT2D eigenvalue weighted by Gasteiger charge is -2.27. The molecule has 16 heavy (non-hydrogen) atoms. The van der Waals surface area contributed by atoms with Crippen LogP contribution in [-0.4, -0.2) is 17.3 Å². The van der Waals surface area contributed by atoms with Crippen LogP contribution < -0.4 is 5.32 Å². The van der Waals surface area contributed by atoms with Gasteiger partial charge in [-0.3, -0.25) is 0 Å². The van der Waals surface area contributed by atoms with Crippen molar-refractivity contribution in [3.8, 4) is 0 Å². The Morgan fingerprint density at radius 3 is 2.50 bits per heavy atom. The molecule has 0 saturated carbocycles. The van der Waals surface area contributed by atoms with Crippen molar-refractivity contribution in [2.75, 3.05) is 6.54 Å². The molecule has 1 heterocycles. The van der Waals surface area contributed by atoms with Crippen LogP contribution in [0.2, 0.25) is 0 Å². The smallest absolute Gasteiger partial charge is 0.0771 e. The molecule has 0 unspecified atom stereocenters. The molecule has 0 atom stereocenters. The first-order valence-corrected chi connectivity index (χ1v) is 7.03. The molecule has 0 fully saturated rings. The van der Waals surface area contributed by atoms with Crippen molar-refractivity contribution in [2.45, 2.75) is 51.7 Å². The van der Waals surface area contributed by atoms with Crippen LogP contribution in [-0.2, 0) is 6.54 Å². The van der Waals surface area contributed by atoms with Crippen molar-refractivity contribution in [3.63, 3.8) is 0 Å². The maximum absolute atomic E-state index is 10.4. The molecule has 2 nitrogen and oxygen atoms in total. The van der Waals surface area contributed by atoms with Gasteiger partial charge in [0.15, 0.2) is 0 Å². The molecule has 0 bridgehead atoms. The summed E-state index contributed by atoms with van der Waals surface area (Å²) in [5, 5.41) is 15.8. The summed E-state index contributed by atoms with van der Waals surface area (Å²) in [6, 6.07) is 4.18. The van der Waals surface area contributed by atoms with E-state index in [9.17, 15) is 5.11 Å². The van der Waals surface area contributed by atoms with Gasteiger partial charge in [0.25, 0.3) is 0 Å². The number of hydrogen-bond acceptors (Lipinski definition) is 3. The molecule has 0 amide bonds. The fraction of sp³-hybridized carbons (Fsp3) is 0.692. The number of nitrogens with one attached hydrogen (secondary N) is 1. The minimum Gasteiger partial charge on any atom is -0.389 e. The first-order valence-electron chi connectivity index (χ1n) is 6.15. The summed E-state index contributed by atoms with van der Waals surface area (Å²) in [5.41, 5.74) is -0.513. The molecule has 0 radical (unpaired) electrons. The van der Waals surface area contributed by atoms with Crippen LogP contribution in [0.5, 0.6) is 0 Å². The van der Waals surface area contributed by atoms with Crippen LogP contribution in [0.3, 0.4) is 0 Å². The van der Waals surface area contributed by atoms with E-state index in [1.54, 1.807) is 11.3 Å². The second-order valence-corrected chi connectivity index (χ2v) is 5.44. The summed E-state index contributed by atoms with van der Waals surface area (Å²) >= 11 is 1.76. The maximum atomic E-state index is 10.4. The third-order valence-corrected chi connectivity index (χ3v) is 3.64. The topological polar surface area (TPSA) is 32.3 Å². The number of aliphatic hydroxyl groups is 1. The van der Waals surface area contributed by atoms with E-state index in [-0.39, 0.29) is 0 Å². The summed E-state index contributed by atoms with van der Waals surface area (Å²) in [7, 11) is 0. The Morgan fingerprint density at radius 1 is 1.31 bits per heavy atom. The molecule has 1 aromatic heterocycles. The summed E-state index contributed by atoms with van der Waals surface area (Å²) in [4.78, 5) is 1.33. The zero-order valence-corrected chi connectivity index (χ0v) is 11.1. The van der Waals surface area contributed by atoms with E-state index in [0.717, 1.165) is 32.2 Å². The molecular formula is C13H23NOS. The molecule has 92 valence electrons. The Balaban J connectivity index is 2.32. The first kappa shape index (κ1) is 13.7. The van der Waals surface area contributed by atoms with Crippen LogP contribution in [0.1, 0.15) is 44.4 Å². The predicted octanol–water partition coefficient (Wildman–Crippen LogP) is 3.17. The molecule has 0 aromatic carbocycles. The van der Waals surface area contributed by atoms with Crippen LogP contribution in [0.4, 0.5) is 0 Å². The van der Waals surface area contributed by atoms with Crippen molar-refractivity contribution in [1.29, 1.82) is 0 Å². The normalized spacial score (nSPS) is 11.9. The SMILES string of the molecule is CCCC(O)(CCC)CNCc1cccs1. The average Bonchev–Trinajstić information content (AvgIpc) is 2.71. The summed E-state index contributed by atoms with van der Waals surface area (Å²) in [6.07, 6.45) is 3.85. The van der Waals surface area contributed by atoms with Gasteiger partial charge in [-0.25, -0.2) is 0 Å². The minimum atomic E-state index is -0.513. The largest absolute Gasteiger partial charge is 0.389 e. The molecule has 0 saturated heterocycles. The van der Waals surface area contributed by atoms with Crippen molar-refractivity contribution >= 4 is 11.3 Å². The van der Waals surface area contributed by atoms with E-state index in [4.69, 9.17) is 0 Å². The standard InChI is InChI=1S/C13H23NOS/c1-3-7-13(15,8-4-2)11-14-10-12-6-5-9-16-12/h5-6,9,14-15H,3-4,7-8,10-11H2,1-2H3. The molecule has 0 aliphatic heterocycles. The highest BCUT2D eigenvalue weighted by molar-refractivity contribution is 7.09. The Kier molecular flexibility index (Phi) is 6.03. The minimum absolute atomic E-state index is 0.513. The highest BCUT2D eigenvalue weighted by Gasteiger charge is 2.23. The highest BCUT2D eigenvalue weighted by atomic mass is 32.1. The third-order valence-electron chi connectivity index (χ3n) is 2.76. The zero-order valence-electron chi connectivity index (χ0n) is 10.3. The molecule has 1 aromatic rings. The monoisotopic (exact) mass is 241 g/mol. The second-order valence-electron chi connectivity index (χ2n) is 4.41. The van der Waals surface area contributed by atoms with Gasteiger partial charge >= 0.3 is 0 Å². The van der Waals surface area contributed by atoms with E-state index >= 15 is 0 Å². The van der Waals surface area contributed by atoms with Crippen LogP contribution in [0.15, 0.2) is 17.5 Å². The zero-order chi connectivity index (χ0) is 11.9. The number of rotatable bonds is 8. The number of thiophene rings is 1. The van der Waals surface area contributed by atoms with Crippen molar-refractivity contribution in [1.82, 2.24) is 5.32 Å². The maximum Gasteiger partial charge on any atom is 0.0771 e. The lowest BCUT2D eigenvalue weighted by molar-refractivity contribution is 0.0215. The van der Waals surface area contributed by atoms with Crippen molar-refractivity contribution in [3.05, 3.63) is 22.4 Å². The Bertz CT molecular complexity index is 265. The van der Waals surface area contributed by atoms with E-state index in [1.165, 1.54) is 4.88 Å². The number of hydrogen-bond donors (Lipinski definition) is 2. The molecule has 0 aliphatic rings. The lowest BCUT2D eigenvalue weighted by atomic mass is 9.93. The van der Waals surface area contributed by atoms with Gasteiger partial charge in [0, 0.05) is 18.0 Å². The van der Waals surface area contributed by atoms with Gasteiger partial charge in [0.2, 0.25) is 0 Å². The van der Waals surface area contributed by atoms with Gasteiger partial charge in [0.1, 0.15) is 0 Å². The van der Waals surface area contributed by atoms with E-state index in [2.05, 4.69) is 36.7 Å². The predicted molar refractivity (Wildman–Crippen MR) is 70.8 cm³/mol.